The van der Waals surface area contributed by atoms with E-state index in [2.05, 4.69) is 27.9 Å². The molecule has 0 fully saturated rings. The number of anilines is 1. The zero-order chi connectivity index (χ0) is 23.9. The van der Waals surface area contributed by atoms with Gasteiger partial charge in [-0.1, -0.05) is 65.4 Å². The van der Waals surface area contributed by atoms with Gasteiger partial charge in [-0.05, 0) is 48.7 Å². The van der Waals surface area contributed by atoms with Crippen LogP contribution in [0.25, 0.3) is 21.0 Å². The summed E-state index contributed by atoms with van der Waals surface area (Å²) >= 11 is 1.44. The molecule has 1 heterocycles. The van der Waals surface area contributed by atoms with Crippen molar-refractivity contribution in [1.29, 1.82) is 0 Å². The van der Waals surface area contributed by atoms with Crippen molar-refractivity contribution in [3.05, 3.63) is 101 Å². The predicted octanol–water partition coefficient (Wildman–Crippen LogP) is 5.24. The van der Waals surface area contributed by atoms with Gasteiger partial charge in [0.15, 0.2) is 4.80 Å². The lowest BCUT2D eigenvalue weighted by molar-refractivity contribution is 0.0998. The van der Waals surface area contributed by atoms with E-state index in [-0.39, 0.29) is 4.90 Å². The fraction of sp³-hybridized carbons (Fsp3) is 0.0769. The third-order valence-electron chi connectivity index (χ3n) is 5.58. The van der Waals surface area contributed by atoms with Gasteiger partial charge in [-0.2, -0.15) is 4.99 Å². The second kappa shape index (κ2) is 8.55. The zero-order valence-electron chi connectivity index (χ0n) is 18.5. The van der Waals surface area contributed by atoms with Gasteiger partial charge in [-0.25, -0.2) is 8.42 Å². The molecule has 0 saturated carbocycles. The van der Waals surface area contributed by atoms with E-state index < -0.39 is 15.9 Å². The predicted molar refractivity (Wildman–Crippen MR) is 137 cm³/mol. The minimum atomic E-state index is -3.77. The highest BCUT2D eigenvalue weighted by molar-refractivity contribution is 7.92. The summed E-state index contributed by atoms with van der Waals surface area (Å²) in [5.74, 6) is -0.442. The van der Waals surface area contributed by atoms with E-state index >= 15 is 0 Å². The molecular formula is C26H21N3O3S2. The molecule has 8 heteroatoms. The molecule has 0 unspecified atom stereocenters. The van der Waals surface area contributed by atoms with E-state index in [9.17, 15) is 13.2 Å². The Morgan fingerprint density at radius 3 is 2.50 bits per heavy atom. The molecule has 0 spiro atoms. The number of rotatable bonds is 4. The fourth-order valence-corrected chi connectivity index (χ4v) is 5.90. The number of aryl methyl sites for hydroxylation is 2. The van der Waals surface area contributed by atoms with Crippen molar-refractivity contribution in [3.8, 4) is 0 Å². The Bertz CT molecular complexity index is 1730. The standard InChI is InChI=1S/C26H21N3O3S2/c1-17-10-13-21(14-11-17)34(31,32)28-20-8-5-7-19(16-20)25(30)27-26-29(2)24-22-9-4-3-6-18(22)12-15-23(24)33-26/h3-16,28H,1-2H3. The molecule has 5 rings (SSSR count). The smallest absolute Gasteiger partial charge is 0.279 e. The fourth-order valence-electron chi connectivity index (χ4n) is 3.82. The molecule has 34 heavy (non-hydrogen) atoms. The van der Waals surface area contributed by atoms with Crippen LogP contribution in [-0.2, 0) is 17.1 Å². The van der Waals surface area contributed by atoms with Gasteiger partial charge in [-0.3, -0.25) is 9.52 Å². The number of hydrogen-bond acceptors (Lipinski definition) is 4. The maximum Gasteiger partial charge on any atom is 0.279 e. The Balaban J connectivity index is 1.49. The minimum absolute atomic E-state index is 0.157. The highest BCUT2D eigenvalue weighted by Crippen LogP contribution is 2.26. The van der Waals surface area contributed by atoms with E-state index in [1.807, 2.05) is 36.7 Å². The molecule has 0 radical (unpaired) electrons. The number of amides is 1. The number of nitrogens with zero attached hydrogens (tertiary/aromatic N) is 2. The summed E-state index contributed by atoms with van der Waals surface area (Å²) in [5, 5.41) is 2.22. The lowest BCUT2D eigenvalue weighted by atomic mass is 10.1. The van der Waals surface area contributed by atoms with Gasteiger partial charge in [0.2, 0.25) is 0 Å². The lowest BCUT2D eigenvalue weighted by Gasteiger charge is -2.09. The Labute approximate surface area is 200 Å². The van der Waals surface area contributed by atoms with Crippen LogP contribution in [0.1, 0.15) is 15.9 Å². The van der Waals surface area contributed by atoms with E-state index in [0.717, 1.165) is 26.6 Å². The monoisotopic (exact) mass is 487 g/mol. The molecule has 0 atom stereocenters. The Hall–Kier alpha value is -3.75. The van der Waals surface area contributed by atoms with Crippen LogP contribution in [0, 0.1) is 6.92 Å². The zero-order valence-corrected chi connectivity index (χ0v) is 20.2. The third-order valence-corrected chi connectivity index (χ3v) is 8.07. The molecular weight excluding hydrogens is 466 g/mol. The Kier molecular flexibility index (Phi) is 5.55. The third kappa shape index (κ3) is 4.13. The number of hydrogen-bond donors (Lipinski definition) is 1. The first-order valence-corrected chi connectivity index (χ1v) is 12.9. The average molecular weight is 488 g/mol. The van der Waals surface area contributed by atoms with Crippen molar-refractivity contribution in [1.82, 2.24) is 4.57 Å². The van der Waals surface area contributed by atoms with E-state index in [4.69, 9.17) is 0 Å². The number of carbonyl (C=O) groups excluding carboxylic acids is 1. The highest BCUT2D eigenvalue weighted by atomic mass is 32.2. The summed E-state index contributed by atoms with van der Waals surface area (Å²) in [6.45, 7) is 1.89. The first-order chi connectivity index (χ1) is 16.3. The molecule has 4 aromatic carbocycles. The van der Waals surface area contributed by atoms with E-state index in [0.29, 0.717) is 16.1 Å². The van der Waals surface area contributed by atoms with Gasteiger partial charge in [0, 0.05) is 23.7 Å². The molecule has 1 N–H and O–H groups in total. The number of carbonyl (C=O) groups is 1. The second-order valence-corrected chi connectivity index (χ2v) is 10.7. The van der Waals surface area contributed by atoms with Gasteiger partial charge >= 0.3 is 0 Å². The normalized spacial score (nSPS) is 12.4. The molecule has 0 bridgehead atoms. The molecule has 5 aromatic rings. The molecule has 0 aliphatic rings. The SMILES string of the molecule is Cc1ccc(S(=O)(=O)Nc2cccc(C(=O)N=c3sc4ccc5ccccc5c4n3C)c2)cc1. The summed E-state index contributed by atoms with van der Waals surface area (Å²) in [6.07, 6.45) is 0. The van der Waals surface area contributed by atoms with Crippen LogP contribution in [-0.4, -0.2) is 18.9 Å². The van der Waals surface area contributed by atoms with E-state index in [1.165, 1.54) is 17.4 Å². The molecule has 6 nitrogen and oxygen atoms in total. The first-order valence-electron chi connectivity index (χ1n) is 10.6. The Morgan fingerprint density at radius 1 is 0.941 bits per heavy atom. The molecule has 170 valence electrons. The number of aromatic nitrogens is 1. The first kappa shape index (κ1) is 22.1. The highest BCUT2D eigenvalue weighted by Gasteiger charge is 2.15. The van der Waals surface area contributed by atoms with Crippen molar-refractivity contribution < 1.29 is 13.2 Å². The minimum Gasteiger partial charge on any atom is -0.319 e. The number of sulfonamides is 1. The van der Waals surface area contributed by atoms with Crippen LogP contribution in [0.15, 0.2) is 94.8 Å². The topological polar surface area (TPSA) is 80.5 Å². The van der Waals surface area contributed by atoms with E-state index in [1.54, 1.807) is 42.5 Å². The summed E-state index contributed by atoms with van der Waals surface area (Å²) in [7, 11) is -1.88. The number of benzene rings is 4. The lowest BCUT2D eigenvalue weighted by Crippen LogP contribution is -2.14. The van der Waals surface area contributed by atoms with Crippen LogP contribution in [0.2, 0.25) is 0 Å². The van der Waals surface area contributed by atoms with Crippen molar-refractivity contribution in [2.45, 2.75) is 11.8 Å². The van der Waals surface area contributed by atoms with Crippen LogP contribution < -0.4 is 9.52 Å². The maximum atomic E-state index is 13.0. The number of nitrogens with one attached hydrogen (secondary N) is 1. The van der Waals surface area contributed by atoms with Crippen molar-refractivity contribution in [2.24, 2.45) is 12.0 Å². The summed E-state index contributed by atoms with van der Waals surface area (Å²) < 4.78 is 30.9. The van der Waals surface area contributed by atoms with Gasteiger partial charge in [0.05, 0.1) is 15.1 Å². The average Bonchev–Trinajstić information content (AvgIpc) is 3.14. The largest absolute Gasteiger partial charge is 0.319 e. The molecule has 0 saturated heterocycles. The molecule has 1 aromatic heterocycles. The van der Waals surface area contributed by atoms with Crippen molar-refractivity contribution in [2.75, 3.05) is 4.72 Å². The van der Waals surface area contributed by atoms with Gasteiger partial charge < -0.3 is 4.57 Å². The van der Waals surface area contributed by atoms with Crippen LogP contribution in [0.4, 0.5) is 5.69 Å². The quantitative estimate of drug-likeness (QED) is 0.376. The molecule has 0 aliphatic carbocycles. The molecule has 0 aliphatic heterocycles. The second-order valence-electron chi connectivity index (χ2n) is 7.99. The summed E-state index contributed by atoms with van der Waals surface area (Å²) in [6, 6.07) is 25.1. The summed E-state index contributed by atoms with van der Waals surface area (Å²) in [5.41, 5.74) is 2.59. The molecule has 1 amide bonds. The van der Waals surface area contributed by atoms with Crippen molar-refractivity contribution >= 4 is 53.9 Å². The number of fused-ring (bicyclic) bond motifs is 3. The van der Waals surface area contributed by atoms with Gasteiger partial charge in [0.1, 0.15) is 0 Å². The van der Waals surface area contributed by atoms with Gasteiger partial charge in [-0.15, -0.1) is 0 Å². The van der Waals surface area contributed by atoms with Crippen molar-refractivity contribution in [3.63, 3.8) is 0 Å². The van der Waals surface area contributed by atoms with Crippen LogP contribution in [0.5, 0.6) is 0 Å². The van der Waals surface area contributed by atoms with Gasteiger partial charge in [0.25, 0.3) is 15.9 Å². The van der Waals surface area contributed by atoms with Crippen LogP contribution >= 0.6 is 11.3 Å². The van der Waals surface area contributed by atoms with Crippen LogP contribution in [0.3, 0.4) is 0 Å². The summed E-state index contributed by atoms with van der Waals surface area (Å²) in [4.78, 5) is 18.1. The number of thiazole rings is 1. The Morgan fingerprint density at radius 2 is 1.71 bits per heavy atom. The maximum absolute atomic E-state index is 13.0.